The average molecular weight is 458 g/mol. The van der Waals surface area contributed by atoms with E-state index >= 15 is 0 Å². The van der Waals surface area contributed by atoms with E-state index in [0.717, 1.165) is 11.1 Å². The van der Waals surface area contributed by atoms with Crippen molar-refractivity contribution in [2.75, 3.05) is 38.2 Å². The van der Waals surface area contributed by atoms with Crippen molar-refractivity contribution in [3.05, 3.63) is 51.4 Å². The van der Waals surface area contributed by atoms with Crippen LogP contribution in [0.3, 0.4) is 0 Å². The molecule has 9 heteroatoms. The van der Waals surface area contributed by atoms with Crippen LogP contribution in [0, 0.1) is 13.8 Å². The van der Waals surface area contributed by atoms with Crippen LogP contribution in [0.1, 0.15) is 36.5 Å². The molecule has 1 saturated heterocycles. The highest BCUT2D eigenvalue weighted by Gasteiger charge is 2.25. The number of methoxy groups -OCH3 is 1. The maximum atomic E-state index is 12.7. The lowest BCUT2D eigenvalue weighted by Gasteiger charge is -2.34. The zero-order valence-corrected chi connectivity index (χ0v) is 18.7. The van der Waals surface area contributed by atoms with Gasteiger partial charge >= 0.3 is 0 Å². The van der Waals surface area contributed by atoms with E-state index in [2.05, 4.69) is 10.1 Å². The fourth-order valence-corrected chi connectivity index (χ4v) is 3.99. The van der Waals surface area contributed by atoms with Gasteiger partial charge in [-0.2, -0.15) is 4.52 Å². The third kappa shape index (κ3) is 4.20. The Bertz CT molecular complexity index is 1460. The predicted molar refractivity (Wildman–Crippen MR) is 123 cm³/mol. The first kappa shape index (κ1) is 16.3. The minimum Gasteiger partial charge on any atom is -0.490 e. The second-order valence-electron chi connectivity index (χ2n) is 7.97. The van der Waals surface area contributed by atoms with Crippen molar-refractivity contribution in [2.24, 2.45) is 0 Å². The molecule has 0 atom stereocenters. The minimum atomic E-state index is -2.69. The third-order valence-electron chi connectivity index (χ3n) is 5.83. The largest absolute Gasteiger partial charge is 0.490 e. The number of hydrogen-bond acceptors (Lipinski definition) is 8. The molecule has 0 amide bonds. The zero-order valence-electron chi connectivity index (χ0n) is 23.7. The summed E-state index contributed by atoms with van der Waals surface area (Å²) in [4.78, 5) is 19.3. The van der Waals surface area contributed by atoms with E-state index in [0.29, 0.717) is 43.1 Å². The number of ether oxygens (including phenoxy) is 4. The Kier molecular flexibility index (Phi) is 4.40. The van der Waals surface area contributed by atoms with Gasteiger partial charge in [0.15, 0.2) is 23.0 Å². The van der Waals surface area contributed by atoms with Crippen molar-refractivity contribution in [1.29, 1.82) is 0 Å². The Hall–Kier alpha value is -3.33. The van der Waals surface area contributed by atoms with Crippen LogP contribution < -0.4 is 24.7 Å². The first-order chi connectivity index (χ1) is 17.8. The lowest BCUT2D eigenvalue weighted by molar-refractivity contribution is 0.159. The number of anilines is 1. The van der Waals surface area contributed by atoms with E-state index in [4.69, 9.17) is 25.8 Å². The molecule has 0 aliphatic carbocycles. The van der Waals surface area contributed by atoms with Gasteiger partial charge in [0.05, 0.1) is 19.2 Å². The first-order valence-electron chi connectivity index (χ1n) is 13.2. The van der Waals surface area contributed by atoms with Gasteiger partial charge in [0.2, 0.25) is 0 Å². The van der Waals surface area contributed by atoms with E-state index in [1.807, 2.05) is 18.7 Å². The topological polar surface area (TPSA) is 87.4 Å². The number of nitrogens with zero attached hydrogens (tertiary/aromatic N) is 4. The Balaban J connectivity index is 1.34. The first-order valence-corrected chi connectivity index (χ1v) is 10.7. The molecular formula is C24H28N4O5. The fourth-order valence-electron chi connectivity index (χ4n) is 3.99. The molecule has 0 bridgehead atoms. The summed E-state index contributed by atoms with van der Waals surface area (Å²) in [5.41, 5.74) is 2.46. The maximum Gasteiger partial charge on any atom is 0.274 e. The molecule has 4 heterocycles. The Morgan fingerprint density at radius 3 is 2.67 bits per heavy atom. The van der Waals surface area contributed by atoms with Crippen molar-refractivity contribution < 1.29 is 25.8 Å². The van der Waals surface area contributed by atoms with E-state index in [-0.39, 0.29) is 29.4 Å². The molecule has 0 N–H and O–H groups in total. The molecule has 1 fully saturated rings. The van der Waals surface area contributed by atoms with Gasteiger partial charge in [-0.05, 0) is 26.0 Å². The summed E-state index contributed by atoms with van der Waals surface area (Å²) in [5, 5.41) is 4.59. The molecule has 0 radical (unpaired) electrons. The second kappa shape index (κ2) is 8.90. The van der Waals surface area contributed by atoms with Crippen LogP contribution in [0.25, 0.3) is 5.65 Å². The lowest BCUT2D eigenvalue weighted by Crippen LogP contribution is -2.39. The normalized spacial score (nSPS) is 22.5. The molecule has 2 aliphatic heterocycles. The van der Waals surface area contributed by atoms with Crippen LogP contribution in [0.2, 0.25) is 0 Å². The van der Waals surface area contributed by atoms with E-state index in [9.17, 15) is 4.79 Å². The molecule has 5 rings (SSSR count). The van der Waals surface area contributed by atoms with Gasteiger partial charge in [0.25, 0.3) is 5.56 Å². The summed E-state index contributed by atoms with van der Waals surface area (Å²) in [6.45, 7) is -0.353. The summed E-state index contributed by atoms with van der Waals surface area (Å²) >= 11 is 0. The van der Waals surface area contributed by atoms with Crippen LogP contribution in [-0.4, -0.2) is 54.0 Å². The maximum absolute atomic E-state index is 12.7. The third-order valence-corrected chi connectivity index (χ3v) is 5.83. The molecule has 174 valence electrons. The van der Waals surface area contributed by atoms with Crippen molar-refractivity contribution in [2.45, 2.75) is 39.4 Å². The molecule has 0 unspecified atom stereocenters. The summed E-state index contributed by atoms with van der Waals surface area (Å²) in [6, 6.07) is 5.79. The predicted octanol–water partition coefficient (Wildman–Crippen LogP) is 2.67. The Morgan fingerprint density at radius 2 is 1.91 bits per heavy atom. The number of aromatic nitrogens is 3. The number of rotatable bonds is 5. The van der Waals surface area contributed by atoms with Crippen LogP contribution in [0.4, 0.5) is 5.82 Å². The second-order valence-corrected chi connectivity index (χ2v) is 7.97. The fraction of sp³-hybridized carbons (Fsp3) is 0.458. The Morgan fingerprint density at radius 1 is 1.15 bits per heavy atom. The standard InChI is InChI=1S/C24H28N4O5/c1-15-16(2)24(26-28-22(29)12-17(14-30-3)25-23(15)28)27-8-6-18(7-9-27)33-19-4-5-20-21(13-19)32-11-10-31-20/h4-5,12-13,18H,6-11,14H2,1-3H3/i10D2,11D2,18D. The summed E-state index contributed by atoms with van der Waals surface area (Å²) in [7, 11) is 1.55. The molecule has 0 spiro atoms. The summed E-state index contributed by atoms with van der Waals surface area (Å²) in [5.74, 6) is 0.993. The van der Waals surface area contributed by atoms with Crippen molar-refractivity contribution in [3.8, 4) is 17.2 Å². The molecule has 3 aromatic rings. The quantitative estimate of drug-likeness (QED) is 0.578. The number of aryl methyl sites for hydroxylation is 1. The molecule has 0 saturated carbocycles. The van der Waals surface area contributed by atoms with Crippen molar-refractivity contribution in [3.63, 3.8) is 0 Å². The van der Waals surface area contributed by atoms with Gasteiger partial charge in [0, 0.05) is 56.3 Å². The van der Waals surface area contributed by atoms with Crippen LogP contribution in [0.15, 0.2) is 29.1 Å². The number of fused-ring (bicyclic) bond motifs is 2. The van der Waals surface area contributed by atoms with Crippen LogP contribution in [-0.2, 0) is 11.3 Å². The van der Waals surface area contributed by atoms with Crippen molar-refractivity contribution in [1.82, 2.24) is 14.6 Å². The van der Waals surface area contributed by atoms with Gasteiger partial charge in [-0.25, -0.2) is 4.98 Å². The van der Waals surface area contributed by atoms with Gasteiger partial charge < -0.3 is 23.8 Å². The van der Waals surface area contributed by atoms with Crippen LogP contribution >= 0.6 is 0 Å². The molecule has 33 heavy (non-hydrogen) atoms. The molecule has 2 aliphatic rings. The highest BCUT2D eigenvalue weighted by molar-refractivity contribution is 5.59. The van der Waals surface area contributed by atoms with Gasteiger partial charge in [0.1, 0.15) is 24.9 Å². The zero-order chi connectivity index (χ0) is 27.5. The highest BCUT2D eigenvalue weighted by atomic mass is 16.6. The average Bonchev–Trinajstić information content (AvgIpc) is 2.83. The molecular weight excluding hydrogens is 424 g/mol. The van der Waals surface area contributed by atoms with Crippen LogP contribution in [0.5, 0.6) is 17.2 Å². The van der Waals surface area contributed by atoms with E-state index in [1.165, 1.54) is 28.8 Å². The number of benzene rings is 1. The smallest absolute Gasteiger partial charge is 0.274 e. The lowest BCUT2D eigenvalue weighted by atomic mass is 10.1. The SMILES string of the molecule is [2H]C1(Oc2ccc3c(c2)OC([2H])([2H])C([2H])([2H])O3)CCN(c2nn3c(=O)cc(COC)nc3c(C)c2C)CC1. The van der Waals surface area contributed by atoms with E-state index < -0.39 is 19.2 Å². The van der Waals surface area contributed by atoms with Gasteiger partial charge in [-0.1, -0.05) is 0 Å². The van der Waals surface area contributed by atoms with Crippen molar-refractivity contribution >= 4 is 11.5 Å². The van der Waals surface area contributed by atoms with Gasteiger partial charge in [-0.15, -0.1) is 5.10 Å². The molecule has 1 aromatic carbocycles. The van der Waals surface area contributed by atoms with Gasteiger partial charge in [-0.3, -0.25) is 4.79 Å². The molecule has 2 aromatic heterocycles. The highest BCUT2D eigenvalue weighted by Crippen LogP contribution is 2.35. The number of hydrogen-bond donors (Lipinski definition) is 0. The molecule has 9 nitrogen and oxygen atoms in total. The summed E-state index contributed by atoms with van der Waals surface area (Å²) < 4.78 is 62.5. The van der Waals surface area contributed by atoms with E-state index in [1.54, 1.807) is 7.11 Å². The Labute approximate surface area is 198 Å². The summed E-state index contributed by atoms with van der Waals surface area (Å²) in [6.07, 6.45) is -0.590. The number of piperidine rings is 1. The monoisotopic (exact) mass is 457 g/mol. The minimum absolute atomic E-state index is 0.00262.